The highest BCUT2D eigenvalue weighted by Crippen LogP contribution is 2.24. The first kappa shape index (κ1) is 18.9. The highest BCUT2D eigenvalue weighted by atomic mass is 16.5. The number of hydrogen-bond acceptors (Lipinski definition) is 7. The highest BCUT2D eigenvalue weighted by molar-refractivity contribution is 5.78. The van der Waals surface area contributed by atoms with Gasteiger partial charge in [0.1, 0.15) is 0 Å². The normalized spacial score (nSPS) is 19.5. The third-order valence-corrected chi connectivity index (χ3v) is 5.64. The van der Waals surface area contributed by atoms with E-state index in [1.807, 2.05) is 17.0 Å². The number of pyridine rings is 1. The van der Waals surface area contributed by atoms with Crippen LogP contribution >= 0.6 is 0 Å². The van der Waals surface area contributed by atoms with Gasteiger partial charge in [-0.15, -0.1) is 0 Å². The third-order valence-electron chi connectivity index (χ3n) is 5.64. The van der Waals surface area contributed by atoms with Crippen molar-refractivity contribution in [2.45, 2.75) is 19.1 Å². The first-order chi connectivity index (χ1) is 14.8. The standard InChI is InChI=1S/C22H23N5O3/c28-20(15-26-10-7-16-3-1-2-4-18(16)13-26)27-11-12-29-19(14-27)22-24-21(25-30-22)17-5-8-23-9-6-17/h1-6,8-9,19H,7,10-15H2/t19-/m0/s1. The van der Waals surface area contributed by atoms with Crippen molar-refractivity contribution in [3.05, 3.63) is 65.8 Å². The van der Waals surface area contributed by atoms with Gasteiger partial charge < -0.3 is 14.2 Å². The predicted molar refractivity (Wildman–Crippen MR) is 108 cm³/mol. The Kier molecular flexibility index (Phi) is 5.25. The van der Waals surface area contributed by atoms with Gasteiger partial charge in [0, 0.05) is 37.6 Å². The van der Waals surface area contributed by atoms with Crippen molar-refractivity contribution in [3.8, 4) is 11.4 Å². The lowest BCUT2D eigenvalue weighted by atomic mass is 10.00. The average molecular weight is 405 g/mol. The molecule has 8 heteroatoms. The average Bonchev–Trinajstić information content (AvgIpc) is 3.30. The second-order valence-electron chi connectivity index (χ2n) is 7.62. The Morgan fingerprint density at radius 2 is 1.93 bits per heavy atom. The molecule has 0 radical (unpaired) electrons. The van der Waals surface area contributed by atoms with Gasteiger partial charge in [-0.05, 0) is 29.7 Å². The Morgan fingerprint density at radius 3 is 2.80 bits per heavy atom. The fourth-order valence-corrected chi connectivity index (χ4v) is 3.99. The second kappa shape index (κ2) is 8.33. The number of amides is 1. The van der Waals surface area contributed by atoms with Crippen LogP contribution in [0.25, 0.3) is 11.4 Å². The summed E-state index contributed by atoms with van der Waals surface area (Å²) < 4.78 is 11.2. The minimum atomic E-state index is -0.409. The molecule has 0 N–H and O–H groups in total. The van der Waals surface area contributed by atoms with Crippen LogP contribution in [0.4, 0.5) is 0 Å². The predicted octanol–water partition coefficient (Wildman–Crippen LogP) is 2.09. The Labute approximate surface area is 174 Å². The molecule has 0 spiro atoms. The summed E-state index contributed by atoms with van der Waals surface area (Å²) in [5.74, 6) is 0.995. The summed E-state index contributed by atoms with van der Waals surface area (Å²) in [6, 6.07) is 12.1. The van der Waals surface area contributed by atoms with Crippen LogP contribution in [0, 0.1) is 0 Å². The van der Waals surface area contributed by atoms with Gasteiger partial charge in [-0.25, -0.2) is 0 Å². The fraction of sp³-hybridized carbons (Fsp3) is 0.364. The number of carbonyl (C=O) groups excluding carboxylic acids is 1. The molecule has 0 unspecified atom stereocenters. The molecular weight excluding hydrogens is 382 g/mol. The lowest BCUT2D eigenvalue weighted by molar-refractivity contribution is -0.141. The Hall–Kier alpha value is -3.10. The number of rotatable bonds is 4. The van der Waals surface area contributed by atoms with Crippen molar-refractivity contribution >= 4 is 5.91 Å². The van der Waals surface area contributed by atoms with E-state index in [1.54, 1.807) is 12.4 Å². The number of ether oxygens (including phenoxy) is 1. The molecule has 1 atom stereocenters. The monoisotopic (exact) mass is 405 g/mol. The Morgan fingerprint density at radius 1 is 1.10 bits per heavy atom. The molecule has 2 aliphatic rings. The maximum absolute atomic E-state index is 12.9. The second-order valence-corrected chi connectivity index (χ2v) is 7.62. The van der Waals surface area contributed by atoms with Crippen LogP contribution in [0.2, 0.25) is 0 Å². The van der Waals surface area contributed by atoms with Crippen LogP contribution < -0.4 is 0 Å². The van der Waals surface area contributed by atoms with E-state index in [1.165, 1.54) is 11.1 Å². The van der Waals surface area contributed by atoms with Gasteiger partial charge in [0.05, 0.1) is 19.7 Å². The number of aromatic nitrogens is 3. The number of carbonyl (C=O) groups is 1. The molecule has 2 aromatic heterocycles. The summed E-state index contributed by atoms with van der Waals surface area (Å²) in [6.07, 6.45) is 3.94. The van der Waals surface area contributed by atoms with Gasteiger partial charge in [0.15, 0.2) is 6.10 Å². The smallest absolute Gasteiger partial charge is 0.257 e. The minimum absolute atomic E-state index is 0.108. The van der Waals surface area contributed by atoms with Crippen molar-refractivity contribution in [1.29, 1.82) is 0 Å². The molecule has 5 rings (SSSR count). The molecule has 0 aliphatic carbocycles. The zero-order chi connectivity index (χ0) is 20.3. The molecular formula is C22H23N5O3. The summed E-state index contributed by atoms with van der Waals surface area (Å²) in [7, 11) is 0. The number of hydrogen-bond donors (Lipinski definition) is 0. The zero-order valence-corrected chi connectivity index (χ0v) is 16.6. The van der Waals surface area contributed by atoms with Crippen molar-refractivity contribution in [2.24, 2.45) is 0 Å². The van der Waals surface area contributed by atoms with E-state index in [9.17, 15) is 4.79 Å². The summed E-state index contributed by atoms with van der Waals surface area (Å²) >= 11 is 0. The molecule has 4 heterocycles. The van der Waals surface area contributed by atoms with Crippen LogP contribution in [-0.4, -0.2) is 63.6 Å². The molecule has 0 bridgehead atoms. The van der Waals surface area contributed by atoms with Crippen LogP contribution in [-0.2, 0) is 22.5 Å². The van der Waals surface area contributed by atoms with Gasteiger partial charge in [0.2, 0.25) is 11.7 Å². The van der Waals surface area contributed by atoms with Crippen LogP contribution in [0.5, 0.6) is 0 Å². The van der Waals surface area contributed by atoms with Crippen molar-refractivity contribution < 1.29 is 14.1 Å². The molecule has 30 heavy (non-hydrogen) atoms. The van der Waals surface area contributed by atoms with E-state index in [4.69, 9.17) is 9.26 Å². The van der Waals surface area contributed by atoms with E-state index in [-0.39, 0.29) is 5.91 Å². The third kappa shape index (κ3) is 3.96. The molecule has 1 aromatic carbocycles. The van der Waals surface area contributed by atoms with Crippen LogP contribution in [0.15, 0.2) is 53.3 Å². The maximum Gasteiger partial charge on any atom is 0.257 e. The zero-order valence-electron chi connectivity index (χ0n) is 16.6. The van der Waals surface area contributed by atoms with Gasteiger partial charge in [-0.1, -0.05) is 29.4 Å². The van der Waals surface area contributed by atoms with Crippen molar-refractivity contribution in [1.82, 2.24) is 24.9 Å². The van der Waals surface area contributed by atoms with E-state index in [0.717, 1.165) is 25.1 Å². The highest BCUT2D eigenvalue weighted by Gasteiger charge is 2.30. The molecule has 0 saturated carbocycles. The summed E-state index contributed by atoms with van der Waals surface area (Å²) in [6.45, 7) is 3.57. The lowest BCUT2D eigenvalue weighted by Gasteiger charge is -2.34. The van der Waals surface area contributed by atoms with Gasteiger partial charge in [0.25, 0.3) is 5.89 Å². The number of morpholine rings is 1. The van der Waals surface area contributed by atoms with Crippen LogP contribution in [0.3, 0.4) is 0 Å². The van der Waals surface area contributed by atoms with E-state index < -0.39 is 6.10 Å². The fourth-order valence-electron chi connectivity index (χ4n) is 3.99. The largest absolute Gasteiger partial charge is 0.365 e. The van der Waals surface area contributed by atoms with Crippen molar-refractivity contribution in [2.75, 3.05) is 32.8 Å². The van der Waals surface area contributed by atoms with Gasteiger partial charge in [-0.2, -0.15) is 4.98 Å². The first-order valence-corrected chi connectivity index (χ1v) is 10.2. The van der Waals surface area contributed by atoms with E-state index in [0.29, 0.717) is 38.0 Å². The number of fused-ring (bicyclic) bond motifs is 1. The molecule has 1 fully saturated rings. The molecule has 1 amide bonds. The first-order valence-electron chi connectivity index (χ1n) is 10.2. The minimum Gasteiger partial charge on any atom is -0.365 e. The SMILES string of the molecule is O=C(CN1CCc2ccccc2C1)N1CCO[C@H](c2nc(-c3ccncc3)no2)C1. The summed E-state index contributed by atoms with van der Waals surface area (Å²) in [5, 5.41) is 4.04. The molecule has 3 aromatic rings. The molecule has 154 valence electrons. The van der Waals surface area contributed by atoms with Gasteiger partial charge in [-0.3, -0.25) is 14.7 Å². The summed E-state index contributed by atoms with van der Waals surface area (Å²) in [5.41, 5.74) is 3.52. The quantitative estimate of drug-likeness (QED) is 0.657. The Bertz CT molecular complexity index is 1020. The van der Waals surface area contributed by atoms with Crippen LogP contribution in [0.1, 0.15) is 23.1 Å². The topological polar surface area (TPSA) is 84.6 Å². The van der Waals surface area contributed by atoms with E-state index >= 15 is 0 Å². The van der Waals surface area contributed by atoms with E-state index in [2.05, 4.69) is 44.3 Å². The summed E-state index contributed by atoms with van der Waals surface area (Å²) in [4.78, 5) is 25.4. The molecule has 1 saturated heterocycles. The van der Waals surface area contributed by atoms with Gasteiger partial charge >= 0.3 is 0 Å². The maximum atomic E-state index is 12.9. The number of nitrogens with zero attached hydrogens (tertiary/aromatic N) is 5. The molecule has 2 aliphatic heterocycles. The lowest BCUT2D eigenvalue weighted by Crippen LogP contribution is -2.47. The Balaban J connectivity index is 1.22. The van der Waals surface area contributed by atoms with Crippen molar-refractivity contribution in [3.63, 3.8) is 0 Å². The number of benzene rings is 1. The molecule has 8 nitrogen and oxygen atoms in total.